The van der Waals surface area contributed by atoms with Gasteiger partial charge in [0.05, 0.1) is 13.2 Å². The zero-order valence-electron chi connectivity index (χ0n) is 10.2. The Bertz CT molecular complexity index is 159. The van der Waals surface area contributed by atoms with Crippen LogP contribution in [0.5, 0.6) is 0 Å². The summed E-state index contributed by atoms with van der Waals surface area (Å²) in [5, 5.41) is 3.07. The quantitative estimate of drug-likeness (QED) is 0.459. The van der Waals surface area contributed by atoms with E-state index in [0.717, 1.165) is 32.6 Å². The summed E-state index contributed by atoms with van der Waals surface area (Å²) in [6, 6.07) is 0. The summed E-state index contributed by atoms with van der Waals surface area (Å²) in [6.07, 6.45) is 1.07. The fraction of sp³-hybridized carbons (Fsp3) is 0.909. The van der Waals surface area contributed by atoms with E-state index in [2.05, 4.69) is 24.1 Å². The fourth-order valence-electron chi connectivity index (χ4n) is 1.37. The van der Waals surface area contributed by atoms with Crippen molar-refractivity contribution in [3.63, 3.8) is 0 Å². The van der Waals surface area contributed by atoms with Gasteiger partial charge in [-0.2, -0.15) is 0 Å². The highest BCUT2D eigenvalue weighted by Gasteiger charge is 2.01. The first-order chi connectivity index (χ1) is 7.24. The highest BCUT2D eigenvalue weighted by molar-refractivity contribution is 5.71. The first kappa shape index (κ1) is 14.4. The van der Waals surface area contributed by atoms with Gasteiger partial charge in [0.15, 0.2) is 0 Å². The van der Waals surface area contributed by atoms with E-state index in [-0.39, 0.29) is 5.97 Å². The van der Waals surface area contributed by atoms with Gasteiger partial charge >= 0.3 is 5.97 Å². The molecule has 4 nitrogen and oxygen atoms in total. The average Bonchev–Trinajstić information content (AvgIpc) is 2.24. The molecule has 4 heteroatoms. The van der Waals surface area contributed by atoms with Gasteiger partial charge in [0, 0.05) is 0 Å². The first-order valence-corrected chi connectivity index (χ1v) is 5.83. The second kappa shape index (κ2) is 9.93. The Morgan fingerprint density at radius 3 is 2.47 bits per heavy atom. The van der Waals surface area contributed by atoms with Crippen molar-refractivity contribution in [2.75, 3.05) is 39.3 Å². The summed E-state index contributed by atoms with van der Waals surface area (Å²) in [5.41, 5.74) is 0. The van der Waals surface area contributed by atoms with Gasteiger partial charge < -0.3 is 15.0 Å². The molecule has 0 aromatic carbocycles. The minimum Gasteiger partial charge on any atom is -0.465 e. The summed E-state index contributed by atoms with van der Waals surface area (Å²) in [6.45, 7) is 11.1. The van der Waals surface area contributed by atoms with Crippen LogP contribution in [0.15, 0.2) is 0 Å². The van der Waals surface area contributed by atoms with Crippen molar-refractivity contribution < 1.29 is 9.53 Å². The molecule has 0 aliphatic heterocycles. The zero-order chi connectivity index (χ0) is 11.5. The van der Waals surface area contributed by atoms with E-state index < -0.39 is 0 Å². The second-order valence-electron chi connectivity index (χ2n) is 3.36. The summed E-state index contributed by atoms with van der Waals surface area (Å²) in [5.74, 6) is -0.166. The normalized spacial score (nSPS) is 10.7. The van der Waals surface area contributed by atoms with Crippen LogP contribution in [0.4, 0.5) is 0 Å². The van der Waals surface area contributed by atoms with E-state index in [9.17, 15) is 4.79 Å². The molecule has 0 aliphatic carbocycles. The van der Waals surface area contributed by atoms with Crippen LogP contribution in [0.1, 0.15) is 27.2 Å². The molecule has 0 aromatic heterocycles. The van der Waals surface area contributed by atoms with Crippen LogP contribution in [0, 0.1) is 0 Å². The molecule has 90 valence electrons. The maximum atomic E-state index is 11.0. The standard InChI is InChI=1S/C11H24N2O2/c1-4-13(5-2)9-7-8-12-10-11(14)15-6-3/h12H,4-10H2,1-3H3. The zero-order valence-corrected chi connectivity index (χ0v) is 10.2. The molecule has 0 radical (unpaired) electrons. The van der Waals surface area contributed by atoms with E-state index in [1.165, 1.54) is 0 Å². The molecule has 0 unspecified atom stereocenters. The van der Waals surface area contributed by atoms with Crippen molar-refractivity contribution in [2.24, 2.45) is 0 Å². The van der Waals surface area contributed by atoms with Crippen LogP contribution in [0.2, 0.25) is 0 Å². The molecular weight excluding hydrogens is 192 g/mol. The van der Waals surface area contributed by atoms with E-state index in [1.54, 1.807) is 0 Å². The SMILES string of the molecule is CCOC(=O)CNCCCN(CC)CC. The number of nitrogens with zero attached hydrogens (tertiary/aromatic N) is 1. The first-order valence-electron chi connectivity index (χ1n) is 5.83. The number of hydrogen-bond donors (Lipinski definition) is 1. The highest BCUT2D eigenvalue weighted by Crippen LogP contribution is 1.89. The van der Waals surface area contributed by atoms with E-state index in [4.69, 9.17) is 4.74 Å². The molecule has 0 saturated heterocycles. The number of hydrogen-bond acceptors (Lipinski definition) is 4. The Kier molecular flexibility index (Phi) is 9.52. The lowest BCUT2D eigenvalue weighted by Crippen LogP contribution is -2.30. The Labute approximate surface area is 93.0 Å². The largest absolute Gasteiger partial charge is 0.465 e. The van der Waals surface area contributed by atoms with Gasteiger partial charge in [0.25, 0.3) is 0 Å². The van der Waals surface area contributed by atoms with Crippen LogP contribution in [0.3, 0.4) is 0 Å². The molecule has 1 N–H and O–H groups in total. The van der Waals surface area contributed by atoms with Gasteiger partial charge in [0.1, 0.15) is 0 Å². The predicted molar refractivity (Wildman–Crippen MR) is 61.9 cm³/mol. The molecule has 0 aromatic rings. The Balaban J connectivity index is 3.27. The van der Waals surface area contributed by atoms with Gasteiger partial charge in [-0.05, 0) is 39.5 Å². The van der Waals surface area contributed by atoms with Crippen molar-refractivity contribution in [1.29, 1.82) is 0 Å². The van der Waals surface area contributed by atoms with E-state index in [0.29, 0.717) is 13.2 Å². The minimum atomic E-state index is -0.166. The van der Waals surface area contributed by atoms with Crippen molar-refractivity contribution in [3.05, 3.63) is 0 Å². The monoisotopic (exact) mass is 216 g/mol. The topological polar surface area (TPSA) is 41.6 Å². The molecule has 0 amide bonds. The molecule has 0 heterocycles. The van der Waals surface area contributed by atoms with Crippen LogP contribution >= 0.6 is 0 Å². The lowest BCUT2D eigenvalue weighted by Gasteiger charge is -2.17. The number of ether oxygens (including phenoxy) is 1. The molecule has 15 heavy (non-hydrogen) atoms. The third-order valence-corrected chi connectivity index (χ3v) is 2.30. The Morgan fingerprint density at radius 2 is 1.93 bits per heavy atom. The van der Waals surface area contributed by atoms with Crippen molar-refractivity contribution in [1.82, 2.24) is 10.2 Å². The molecule has 0 rings (SSSR count). The lowest BCUT2D eigenvalue weighted by molar-refractivity contribution is -0.141. The van der Waals surface area contributed by atoms with Crippen molar-refractivity contribution >= 4 is 5.97 Å². The molecule has 0 spiro atoms. The van der Waals surface area contributed by atoms with Gasteiger partial charge in [-0.1, -0.05) is 13.8 Å². The highest BCUT2D eigenvalue weighted by atomic mass is 16.5. The second-order valence-corrected chi connectivity index (χ2v) is 3.36. The third kappa shape index (κ3) is 8.39. The molecule has 0 bridgehead atoms. The lowest BCUT2D eigenvalue weighted by atomic mass is 10.3. The van der Waals surface area contributed by atoms with Crippen molar-refractivity contribution in [3.8, 4) is 0 Å². The Hall–Kier alpha value is -0.610. The maximum Gasteiger partial charge on any atom is 0.319 e. The number of nitrogens with one attached hydrogen (secondary N) is 1. The number of rotatable bonds is 9. The van der Waals surface area contributed by atoms with Crippen LogP contribution in [0.25, 0.3) is 0 Å². The maximum absolute atomic E-state index is 11.0. The molecule has 0 atom stereocenters. The number of carbonyl (C=O) groups excluding carboxylic acids is 1. The van der Waals surface area contributed by atoms with Crippen LogP contribution in [-0.2, 0) is 9.53 Å². The summed E-state index contributed by atoms with van der Waals surface area (Å²) in [7, 11) is 0. The number of carbonyl (C=O) groups is 1. The molecular formula is C11H24N2O2. The number of esters is 1. The molecule has 0 saturated carbocycles. The predicted octanol–water partition coefficient (Wildman–Crippen LogP) is 0.871. The summed E-state index contributed by atoms with van der Waals surface area (Å²) in [4.78, 5) is 13.3. The molecule has 0 fully saturated rings. The van der Waals surface area contributed by atoms with Gasteiger partial charge in [0.2, 0.25) is 0 Å². The Morgan fingerprint density at radius 1 is 1.27 bits per heavy atom. The van der Waals surface area contributed by atoms with Crippen LogP contribution < -0.4 is 5.32 Å². The van der Waals surface area contributed by atoms with Gasteiger partial charge in [-0.25, -0.2) is 0 Å². The van der Waals surface area contributed by atoms with Gasteiger partial charge in [-0.3, -0.25) is 4.79 Å². The summed E-state index contributed by atoms with van der Waals surface area (Å²) >= 11 is 0. The fourth-order valence-corrected chi connectivity index (χ4v) is 1.37. The smallest absolute Gasteiger partial charge is 0.319 e. The van der Waals surface area contributed by atoms with E-state index >= 15 is 0 Å². The summed E-state index contributed by atoms with van der Waals surface area (Å²) < 4.78 is 4.80. The third-order valence-electron chi connectivity index (χ3n) is 2.30. The average molecular weight is 216 g/mol. The minimum absolute atomic E-state index is 0.166. The van der Waals surface area contributed by atoms with Gasteiger partial charge in [-0.15, -0.1) is 0 Å². The van der Waals surface area contributed by atoms with Crippen LogP contribution in [-0.4, -0.2) is 50.2 Å². The molecule has 0 aliphatic rings. The van der Waals surface area contributed by atoms with Crippen molar-refractivity contribution in [2.45, 2.75) is 27.2 Å². The van der Waals surface area contributed by atoms with E-state index in [1.807, 2.05) is 6.92 Å².